The molecule has 0 aromatic heterocycles. The molecule has 90 valence electrons. The molecule has 2 unspecified atom stereocenters. The lowest BCUT2D eigenvalue weighted by Crippen LogP contribution is -2.29. The van der Waals surface area contributed by atoms with Gasteiger partial charge < -0.3 is 5.32 Å². The van der Waals surface area contributed by atoms with E-state index in [1.165, 1.54) is 31.9 Å². The molecule has 1 fully saturated rings. The fraction of sp³-hybridized carbons (Fsp3) is 1.00. The van der Waals surface area contributed by atoms with Crippen LogP contribution in [-0.4, -0.2) is 34.0 Å². The maximum atomic E-state index is 11.1. The first-order valence-electron chi connectivity index (χ1n) is 5.85. The van der Waals surface area contributed by atoms with Crippen LogP contribution in [0.4, 0.5) is 0 Å². The number of hydrogen-bond acceptors (Lipinski definition) is 3. The van der Waals surface area contributed by atoms with Crippen LogP contribution in [0, 0.1) is 11.8 Å². The number of rotatable bonds is 5. The van der Waals surface area contributed by atoms with Gasteiger partial charge in [0.1, 0.15) is 9.84 Å². The summed E-state index contributed by atoms with van der Waals surface area (Å²) in [7, 11) is -0.808. The van der Waals surface area contributed by atoms with Crippen LogP contribution >= 0.6 is 0 Å². The van der Waals surface area contributed by atoms with E-state index in [4.69, 9.17) is 0 Å². The molecule has 2 atom stereocenters. The largest absolute Gasteiger partial charge is 0.319 e. The van der Waals surface area contributed by atoms with Crippen molar-refractivity contribution in [1.29, 1.82) is 0 Å². The van der Waals surface area contributed by atoms with Gasteiger partial charge in [0.05, 0.1) is 5.75 Å². The summed E-state index contributed by atoms with van der Waals surface area (Å²) in [5, 5.41) is 3.22. The second-order valence-electron chi connectivity index (χ2n) is 4.78. The van der Waals surface area contributed by atoms with E-state index in [-0.39, 0.29) is 0 Å². The van der Waals surface area contributed by atoms with E-state index in [0.717, 1.165) is 13.0 Å². The minimum absolute atomic E-state index is 0.359. The number of hydrogen-bond donors (Lipinski definition) is 1. The highest BCUT2D eigenvalue weighted by molar-refractivity contribution is 7.90. The first-order valence-corrected chi connectivity index (χ1v) is 7.91. The molecule has 1 aliphatic rings. The van der Waals surface area contributed by atoms with Gasteiger partial charge in [-0.1, -0.05) is 19.3 Å². The van der Waals surface area contributed by atoms with Crippen molar-refractivity contribution in [2.75, 3.05) is 25.6 Å². The van der Waals surface area contributed by atoms with Gasteiger partial charge in [0.2, 0.25) is 0 Å². The molecule has 0 radical (unpaired) electrons. The fourth-order valence-electron chi connectivity index (χ4n) is 2.56. The number of sulfone groups is 1. The van der Waals surface area contributed by atoms with Gasteiger partial charge in [-0.3, -0.25) is 0 Å². The van der Waals surface area contributed by atoms with E-state index in [2.05, 4.69) is 5.32 Å². The molecule has 4 heteroatoms. The fourth-order valence-corrected chi connectivity index (χ4v) is 3.29. The maximum Gasteiger partial charge on any atom is 0.147 e. The second-order valence-corrected chi connectivity index (χ2v) is 7.04. The third-order valence-electron chi connectivity index (χ3n) is 3.39. The SMILES string of the molecule is CNCC1CCCCC1CCS(C)(=O)=O. The molecule has 1 aliphatic carbocycles. The van der Waals surface area contributed by atoms with Crippen molar-refractivity contribution in [1.82, 2.24) is 5.32 Å². The van der Waals surface area contributed by atoms with Crippen LogP contribution in [0.5, 0.6) is 0 Å². The van der Waals surface area contributed by atoms with Crippen molar-refractivity contribution in [2.45, 2.75) is 32.1 Å². The van der Waals surface area contributed by atoms with E-state index in [9.17, 15) is 8.42 Å². The average Bonchev–Trinajstić information content (AvgIpc) is 2.16. The Hall–Kier alpha value is -0.0900. The van der Waals surface area contributed by atoms with Crippen LogP contribution in [-0.2, 0) is 9.84 Å². The van der Waals surface area contributed by atoms with Gasteiger partial charge in [-0.2, -0.15) is 0 Å². The molecule has 0 spiro atoms. The Morgan fingerprint density at radius 3 is 2.33 bits per heavy atom. The molecule has 0 saturated heterocycles. The zero-order valence-electron chi connectivity index (χ0n) is 9.83. The Balaban J connectivity index is 2.42. The number of nitrogens with one attached hydrogen (secondary N) is 1. The summed E-state index contributed by atoms with van der Waals surface area (Å²) >= 11 is 0. The molecule has 0 bridgehead atoms. The molecule has 1 N–H and O–H groups in total. The third-order valence-corrected chi connectivity index (χ3v) is 4.37. The maximum absolute atomic E-state index is 11.1. The van der Waals surface area contributed by atoms with Crippen LogP contribution < -0.4 is 5.32 Å². The third kappa shape index (κ3) is 4.98. The molecular weight excluding hydrogens is 210 g/mol. The summed E-state index contributed by atoms with van der Waals surface area (Å²) in [5.74, 6) is 1.66. The topological polar surface area (TPSA) is 46.2 Å². The molecule has 0 amide bonds. The summed E-state index contributed by atoms with van der Waals surface area (Å²) in [6, 6.07) is 0. The van der Waals surface area contributed by atoms with Crippen LogP contribution in [0.2, 0.25) is 0 Å². The average molecular weight is 233 g/mol. The van der Waals surface area contributed by atoms with Crippen molar-refractivity contribution >= 4 is 9.84 Å². The second kappa shape index (κ2) is 5.85. The highest BCUT2D eigenvalue weighted by atomic mass is 32.2. The monoisotopic (exact) mass is 233 g/mol. The molecule has 3 nitrogen and oxygen atoms in total. The molecule has 1 saturated carbocycles. The molecule has 0 aliphatic heterocycles. The summed E-state index contributed by atoms with van der Waals surface area (Å²) in [6.07, 6.45) is 7.24. The minimum Gasteiger partial charge on any atom is -0.319 e. The Morgan fingerprint density at radius 1 is 1.20 bits per heavy atom. The molecule has 1 rings (SSSR count). The highest BCUT2D eigenvalue weighted by Gasteiger charge is 2.25. The molecule has 0 aromatic carbocycles. The highest BCUT2D eigenvalue weighted by Crippen LogP contribution is 2.32. The molecule has 15 heavy (non-hydrogen) atoms. The first kappa shape index (κ1) is 13.0. The normalized spacial score (nSPS) is 27.9. The van der Waals surface area contributed by atoms with Gasteiger partial charge >= 0.3 is 0 Å². The van der Waals surface area contributed by atoms with Gasteiger partial charge in [-0.05, 0) is 38.3 Å². The molecule has 0 heterocycles. The zero-order chi connectivity index (χ0) is 11.3. The van der Waals surface area contributed by atoms with E-state index in [1.807, 2.05) is 7.05 Å². The summed E-state index contributed by atoms with van der Waals surface area (Å²) in [4.78, 5) is 0. The van der Waals surface area contributed by atoms with Crippen LogP contribution in [0.1, 0.15) is 32.1 Å². The van der Waals surface area contributed by atoms with Crippen LogP contribution in [0.15, 0.2) is 0 Å². The Labute approximate surface area is 93.6 Å². The van der Waals surface area contributed by atoms with Crippen molar-refractivity contribution in [3.63, 3.8) is 0 Å². The molecule has 0 aromatic rings. The van der Waals surface area contributed by atoms with Crippen molar-refractivity contribution in [2.24, 2.45) is 11.8 Å². The lowest BCUT2D eigenvalue weighted by Gasteiger charge is -2.31. The standard InChI is InChI=1S/C11H23NO2S/c1-12-9-11-6-4-3-5-10(11)7-8-15(2,13)14/h10-12H,3-9H2,1-2H3. The van der Waals surface area contributed by atoms with Gasteiger partial charge in [0.15, 0.2) is 0 Å². The van der Waals surface area contributed by atoms with Gasteiger partial charge in [-0.15, -0.1) is 0 Å². The van der Waals surface area contributed by atoms with Gasteiger partial charge in [0.25, 0.3) is 0 Å². The predicted octanol–water partition coefficient (Wildman–Crippen LogP) is 1.45. The van der Waals surface area contributed by atoms with Crippen LogP contribution in [0.3, 0.4) is 0 Å². The van der Waals surface area contributed by atoms with Crippen LogP contribution in [0.25, 0.3) is 0 Å². The summed E-state index contributed by atoms with van der Waals surface area (Å²) < 4.78 is 22.2. The molecular formula is C11H23NO2S. The van der Waals surface area contributed by atoms with E-state index in [0.29, 0.717) is 17.6 Å². The Kier molecular flexibility index (Phi) is 5.06. The first-order chi connectivity index (χ1) is 7.03. The predicted molar refractivity (Wildman–Crippen MR) is 63.7 cm³/mol. The van der Waals surface area contributed by atoms with E-state index >= 15 is 0 Å². The van der Waals surface area contributed by atoms with Gasteiger partial charge in [-0.25, -0.2) is 8.42 Å². The summed E-state index contributed by atoms with van der Waals surface area (Å²) in [5.41, 5.74) is 0. The minimum atomic E-state index is -2.78. The quantitative estimate of drug-likeness (QED) is 0.782. The lowest BCUT2D eigenvalue weighted by molar-refractivity contribution is 0.228. The van der Waals surface area contributed by atoms with Crippen molar-refractivity contribution in [3.05, 3.63) is 0 Å². The smallest absolute Gasteiger partial charge is 0.147 e. The Bertz CT molecular complexity index is 272. The lowest BCUT2D eigenvalue weighted by atomic mass is 9.78. The zero-order valence-corrected chi connectivity index (χ0v) is 10.6. The van der Waals surface area contributed by atoms with Crippen molar-refractivity contribution < 1.29 is 8.42 Å². The summed E-state index contributed by atoms with van der Waals surface area (Å²) in [6.45, 7) is 1.04. The Morgan fingerprint density at radius 2 is 1.80 bits per heavy atom. The van der Waals surface area contributed by atoms with E-state index in [1.54, 1.807) is 0 Å². The van der Waals surface area contributed by atoms with E-state index < -0.39 is 9.84 Å². The van der Waals surface area contributed by atoms with Gasteiger partial charge in [0, 0.05) is 6.26 Å². The van der Waals surface area contributed by atoms with Crippen molar-refractivity contribution in [3.8, 4) is 0 Å².